The molecule has 0 amide bonds. The van der Waals surface area contributed by atoms with E-state index in [2.05, 4.69) is 52.1 Å². The van der Waals surface area contributed by atoms with Crippen LogP contribution in [0.2, 0.25) is 0 Å². The third-order valence-electron chi connectivity index (χ3n) is 5.15. The van der Waals surface area contributed by atoms with Crippen molar-refractivity contribution < 1.29 is 4.74 Å². The van der Waals surface area contributed by atoms with Crippen LogP contribution in [0.15, 0.2) is 24.3 Å². The number of piperazine rings is 1. The molecule has 3 rings (SSSR count). The smallest absolute Gasteiger partial charge is 0.227 e. The molecule has 2 heterocycles. The van der Waals surface area contributed by atoms with Gasteiger partial charge in [-0.2, -0.15) is 4.98 Å². The van der Waals surface area contributed by atoms with Gasteiger partial charge in [-0.1, -0.05) is 12.1 Å². The summed E-state index contributed by atoms with van der Waals surface area (Å²) in [5.41, 5.74) is 5.06. The molecule has 27 heavy (non-hydrogen) atoms. The first-order valence-corrected chi connectivity index (χ1v) is 9.73. The summed E-state index contributed by atoms with van der Waals surface area (Å²) in [5, 5.41) is 3.38. The highest BCUT2D eigenvalue weighted by atomic mass is 16.5. The van der Waals surface area contributed by atoms with Crippen LogP contribution in [0.5, 0.6) is 0 Å². The van der Waals surface area contributed by atoms with Gasteiger partial charge in [-0.3, -0.25) is 0 Å². The van der Waals surface area contributed by atoms with E-state index in [0.29, 0.717) is 0 Å². The molecule has 1 N–H and O–H groups in total. The monoisotopic (exact) mass is 369 g/mol. The van der Waals surface area contributed by atoms with Crippen molar-refractivity contribution in [3.05, 3.63) is 41.1 Å². The van der Waals surface area contributed by atoms with Crippen LogP contribution in [0.4, 0.5) is 17.5 Å². The van der Waals surface area contributed by atoms with Crippen molar-refractivity contribution in [2.75, 3.05) is 61.6 Å². The number of benzene rings is 1. The summed E-state index contributed by atoms with van der Waals surface area (Å²) in [6.45, 7) is 11.8. The topological polar surface area (TPSA) is 53.5 Å². The maximum absolute atomic E-state index is 5.10. The number of anilines is 3. The van der Waals surface area contributed by atoms with Crippen LogP contribution in [0.1, 0.15) is 23.2 Å². The van der Waals surface area contributed by atoms with E-state index in [9.17, 15) is 0 Å². The molecule has 0 unspecified atom stereocenters. The number of nitrogens with one attached hydrogen (secondary N) is 1. The van der Waals surface area contributed by atoms with Crippen LogP contribution >= 0.6 is 0 Å². The quantitative estimate of drug-likeness (QED) is 0.757. The van der Waals surface area contributed by atoms with Crippen molar-refractivity contribution in [3.8, 4) is 0 Å². The minimum absolute atomic E-state index is 0.754. The second kappa shape index (κ2) is 9.04. The molecule has 1 fully saturated rings. The molecule has 1 aromatic heterocycles. The molecule has 6 heteroatoms. The van der Waals surface area contributed by atoms with Crippen molar-refractivity contribution in [1.82, 2.24) is 9.97 Å². The van der Waals surface area contributed by atoms with E-state index in [4.69, 9.17) is 9.72 Å². The number of aromatic nitrogens is 2. The van der Waals surface area contributed by atoms with Crippen LogP contribution in [0, 0.1) is 20.8 Å². The molecule has 6 nitrogen and oxygen atoms in total. The summed E-state index contributed by atoms with van der Waals surface area (Å²) in [7, 11) is 1.73. The number of hydrogen-bond acceptors (Lipinski definition) is 6. The first kappa shape index (κ1) is 19.4. The molecular weight excluding hydrogens is 338 g/mol. The summed E-state index contributed by atoms with van der Waals surface area (Å²) in [6, 6.07) is 8.55. The molecule has 0 bridgehead atoms. The Hall–Kier alpha value is -2.34. The molecule has 146 valence electrons. The van der Waals surface area contributed by atoms with Crippen molar-refractivity contribution >= 4 is 17.5 Å². The van der Waals surface area contributed by atoms with Crippen LogP contribution in [0.3, 0.4) is 0 Å². The number of methoxy groups -OCH3 is 1. The van der Waals surface area contributed by atoms with Gasteiger partial charge in [-0.05, 0) is 44.4 Å². The van der Waals surface area contributed by atoms with Gasteiger partial charge >= 0.3 is 0 Å². The fourth-order valence-electron chi connectivity index (χ4n) is 3.44. The molecule has 0 saturated carbocycles. The minimum Gasteiger partial charge on any atom is -0.385 e. The second-order valence-electron chi connectivity index (χ2n) is 7.16. The fraction of sp³-hybridized carbons (Fsp3) is 0.524. The Kier molecular flexibility index (Phi) is 6.50. The zero-order valence-corrected chi connectivity index (χ0v) is 17.0. The number of aryl methyl sites for hydroxylation is 2. The molecule has 1 aliphatic heterocycles. The van der Waals surface area contributed by atoms with Crippen molar-refractivity contribution in [2.45, 2.75) is 27.2 Å². The number of hydrogen-bond donors (Lipinski definition) is 1. The van der Waals surface area contributed by atoms with Gasteiger partial charge in [0.15, 0.2) is 0 Å². The van der Waals surface area contributed by atoms with Crippen LogP contribution in [-0.2, 0) is 4.74 Å². The Morgan fingerprint density at radius 2 is 1.78 bits per heavy atom. The molecule has 0 atom stereocenters. The minimum atomic E-state index is 0.754. The predicted octanol–water partition coefficient (Wildman–Crippen LogP) is 3.18. The summed E-state index contributed by atoms with van der Waals surface area (Å²) in [6.07, 6.45) is 0.962. The third-order valence-corrected chi connectivity index (χ3v) is 5.15. The Balaban J connectivity index is 1.63. The molecule has 0 spiro atoms. The van der Waals surface area contributed by atoms with Gasteiger partial charge < -0.3 is 19.9 Å². The van der Waals surface area contributed by atoms with E-state index in [1.54, 1.807) is 7.11 Å². The van der Waals surface area contributed by atoms with E-state index in [0.717, 1.165) is 63.2 Å². The summed E-state index contributed by atoms with van der Waals surface area (Å²) >= 11 is 0. The number of nitrogens with zero attached hydrogens (tertiary/aromatic N) is 4. The second-order valence-corrected chi connectivity index (χ2v) is 7.16. The van der Waals surface area contributed by atoms with Gasteiger partial charge in [0.1, 0.15) is 5.82 Å². The lowest BCUT2D eigenvalue weighted by molar-refractivity contribution is 0.198. The first-order chi connectivity index (χ1) is 13.1. The van der Waals surface area contributed by atoms with Gasteiger partial charge in [0.2, 0.25) is 5.95 Å². The lowest BCUT2D eigenvalue weighted by atomic mass is 10.1. The third kappa shape index (κ3) is 4.89. The van der Waals surface area contributed by atoms with E-state index in [1.807, 2.05) is 13.0 Å². The van der Waals surface area contributed by atoms with E-state index < -0.39 is 0 Å². The standard InChI is InChI=1S/C21H31N5O/c1-16-7-5-8-19(18(16)3)25-10-12-26(13-11-25)21-23-17(2)15-20(24-21)22-9-6-14-27-4/h5,7-8,15H,6,9-14H2,1-4H3,(H,22,23,24). The lowest BCUT2D eigenvalue weighted by Gasteiger charge is -2.37. The Bertz CT molecular complexity index is 756. The van der Waals surface area contributed by atoms with Crippen molar-refractivity contribution in [3.63, 3.8) is 0 Å². The van der Waals surface area contributed by atoms with E-state index in [1.165, 1.54) is 16.8 Å². The molecule has 2 aromatic rings. The normalized spacial score (nSPS) is 14.5. The van der Waals surface area contributed by atoms with Crippen LogP contribution in [-0.4, -0.2) is 56.4 Å². The lowest BCUT2D eigenvalue weighted by Crippen LogP contribution is -2.47. The predicted molar refractivity (Wildman–Crippen MR) is 112 cm³/mol. The van der Waals surface area contributed by atoms with Crippen molar-refractivity contribution in [2.24, 2.45) is 0 Å². The molecule has 1 aliphatic rings. The average Bonchev–Trinajstić information content (AvgIpc) is 2.67. The SMILES string of the molecule is COCCCNc1cc(C)nc(N2CCN(c3cccc(C)c3C)CC2)n1. The summed E-state index contributed by atoms with van der Waals surface area (Å²) in [5.74, 6) is 1.72. The van der Waals surface area contributed by atoms with Crippen molar-refractivity contribution in [1.29, 1.82) is 0 Å². The highest BCUT2D eigenvalue weighted by Crippen LogP contribution is 2.25. The van der Waals surface area contributed by atoms with Gasteiger partial charge in [-0.15, -0.1) is 0 Å². The van der Waals surface area contributed by atoms with Crippen LogP contribution < -0.4 is 15.1 Å². The number of rotatable bonds is 7. The molecule has 0 radical (unpaired) electrons. The van der Waals surface area contributed by atoms with Gasteiger partial charge in [-0.25, -0.2) is 4.98 Å². The fourth-order valence-corrected chi connectivity index (χ4v) is 3.44. The van der Waals surface area contributed by atoms with Crippen LogP contribution in [0.25, 0.3) is 0 Å². The maximum atomic E-state index is 5.10. The van der Waals surface area contributed by atoms with Gasteiger partial charge in [0, 0.05) is 63.9 Å². The Morgan fingerprint density at radius 1 is 1.04 bits per heavy atom. The molecule has 0 aliphatic carbocycles. The summed E-state index contributed by atoms with van der Waals surface area (Å²) in [4.78, 5) is 14.1. The highest BCUT2D eigenvalue weighted by molar-refractivity contribution is 5.57. The molecular formula is C21H31N5O. The van der Waals surface area contributed by atoms with Gasteiger partial charge in [0.05, 0.1) is 0 Å². The average molecular weight is 370 g/mol. The summed E-state index contributed by atoms with van der Waals surface area (Å²) < 4.78 is 5.10. The first-order valence-electron chi connectivity index (χ1n) is 9.73. The Morgan fingerprint density at radius 3 is 2.52 bits per heavy atom. The zero-order valence-electron chi connectivity index (χ0n) is 17.0. The molecule has 1 saturated heterocycles. The van der Waals surface area contributed by atoms with Gasteiger partial charge in [0.25, 0.3) is 0 Å². The van der Waals surface area contributed by atoms with E-state index in [-0.39, 0.29) is 0 Å². The number of ether oxygens (including phenoxy) is 1. The Labute approximate surface area is 162 Å². The maximum Gasteiger partial charge on any atom is 0.227 e. The largest absolute Gasteiger partial charge is 0.385 e. The molecule has 1 aromatic carbocycles. The zero-order chi connectivity index (χ0) is 19.2. The highest BCUT2D eigenvalue weighted by Gasteiger charge is 2.21. The van der Waals surface area contributed by atoms with E-state index >= 15 is 0 Å².